The van der Waals surface area contributed by atoms with Gasteiger partial charge in [-0.25, -0.2) is 0 Å². The summed E-state index contributed by atoms with van der Waals surface area (Å²) < 4.78 is 7.27. The van der Waals surface area contributed by atoms with Crippen molar-refractivity contribution in [2.24, 2.45) is 0 Å². The Balaban J connectivity index is 2.17. The van der Waals surface area contributed by atoms with Gasteiger partial charge in [0.2, 0.25) is 0 Å². The highest BCUT2D eigenvalue weighted by atomic mass is 32.1. The summed E-state index contributed by atoms with van der Waals surface area (Å²) in [7, 11) is 1.76. The predicted molar refractivity (Wildman–Crippen MR) is 53.5 cm³/mol. The molecular weight excluding hydrogens is 172 g/mol. The quantitative estimate of drug-likeness (QED) is 0.652. The lowest BCUT2D eigenvalue weighted by atomic mass is 10.3. The van der Waals surface area contributed by atoms with E-state index in [1.54, 1.807) is 7.11 Å². The molecule has 0 spiro atoms. The monoisotopic (exact) mass is 190 g/mol. The summed E-state index contributed by atoms with van der Waals surface area (Å²) in [5, 5.41) is 0. The lowest BCUT2D eigenvalue weighted by molar-refractivity contribution is 0.0659. The summed E-state index contributed by atoms with van der Waals surface area (Å²) in [6.45, 7) is 7.47. The van der Waals surface area contributed by atoms with Crippen LogP contribution in [0.4, 0.5) is 0 Å². The molecule has 0 aromatic carbocycles. The van der Waals surface area contributed by atoms with Crippen LogP contribution in [0.1, 0.15) is 6.92 Å². The van der Waals surface area contributed by atoms with Crippen LogP contribution in [0.15, 0.2) is 0 Å². The number of hydrogen-bond acceptors (Lipinski definition) is 4. The first-order chi connectivity index (χ1) is 5.72. The molecule has 0 amide bonds. The Labute approximate surface area is 80.2 Å². The number of rotatable bonds is 3. The van der Waals surface area contributed by atoms with Gasteiger partial charge in [-0.05, 0) is 6.92 Å². The standard InChI is InChI=1S/C8H18N2OS/c1-8(11-2)7-9-3-5-10(12)6-4-9/h8,12H,3-7H2,1-2H3. The largest absolute Gasteiger partial charge is 0.380 e. The van der Waals surface area contributed by atoms with Crippen LogP contribution in [-0.2, 0) is 4.74 Å². The molecule has 1 saturated heterocycles. The summed E-state index contributed by atoms with van der Waals surface area (Å²) in [5.41, 5.74) is 0. The van der Waals surface area contributed by atoms with Crippen LogP contribution in [0.5, 0.6) is 0 Å². The van der Waals surface area contributed by atoms with Crippen molar-refractivity contribution < 1.29 is 4.74 Å². The first-order valence-electron chi connectivity index (χ1n) is 4.41. The molecule has 0 saturated carbocycles. The van der Waals surface area contributed by atoms with Gasteiger partial charge in [0, 0.05) is 39.8 Å². The molecule has 0 radical (unpaired) electrons. The van der Waals surface area contributed by atoms with Gasteiger partial charge in [-0.3, -0.25) is 9.21 Å². The molecule has 1 aliphatic heterocycles. The summed E-state index contributed by atoms with van der Waals surface area (Å²) in [4.78, 5) is 2.42. The van der Waals surface area contributed by atoms with Gasteiger partial charge in [0.25, 0.3) is 0 Å². The lowest BCUT2D eigenvalue weighted by Gasteiger charge is -2.32. The van der Waals surface area contributed by atoms with Crippen LogP contribution >= 0.6 is 12.8 Å². The van der Waals surface area contributed by atoms with E-state index in [-0.39, 0.29) is 0 Å². The fraction of sp³-hybridized carbons (Fsp3) is 1.00. The van der Waals surface area contributed by atoms with Gasteiger partial charge in [-0.15, -0.1) is 0 Å². The van der Waals surface area contributed by atoms with E-state index >= 15 is 0 Å². The zero-order valence-electron chi connectivity index (χ0n) is 7.86. The maximum absolute atomic E-state index is 5.21. The molecule has 3 nitrogen and oxygen atoms in total. The molecule has 0 N–H and O–H groups in total. The third-order valence-corrected chi connectivity index (χ3v) is 2.67. The Kier molecular flexibility index (Phi) is 4.35. The summed E-state index contributed by atoms with van der Waals surface area (Å²) in [6, 6.07) is 0. The topological polar surface area (TPSA) is 15.7 Å². The van der Waals surface area contributed by atoms with Crippen LogP contribution in [-0.4, -0.2) is 55.1 Å². The molecule has 0 aromatic rings. The average Bonchev–Trinajstić information content (AvgIpc) is 2.09. The van der Waals surface area contributed by atoms with E-state index in [0.29, 0.717) is 6.10 Å². The second kappa shape index (κ2) is 5.07. The maximum atomic E-state index is 5.21. The molecule has 72 valence electrons. The predicted octanol–water partition coefficient (Wildman–Crippen LogP) is 0.484. The highest BCUT2D eigenvalue weighted by molar-refractivity contribution is 7.77. The number of hydrogen-bond donors (Lipinski definition) is 1. The minimum atomic E-state index is 0.344. The van der Waals surface area contributed by atoms with Crippen molar-refractivity contribution in [1.29, 1.82) is 0 Å². The van der Waals surface area contributed by atoms with Gasteiger partial charge >= 0.3 is 0 Å². The average molecular weight is 190 g/mol. The SMILES string of the molecule is COC(C)CN1CCN(S)CC1. The maximum Gasteiger partial charge on any atom is 0.0670 e. The van der Waals surface area contributed by atoms with E-state index in [2.05, 4.69) is 28.9 Å². The first kappa shape index (κ1) is 10.3. The Hall–Kier alpha value is 0.230. The number of piperazine rings is 1. The van der Waals surface area contributed by atoms with E-state index in [0.717, 1.165) is 32.7 Å². The fourth-order valence-corrected chi connectivity index (χ4v) is 1.54. The molecule has 0 bridgehead atoms. The molecule has 1 unspecified atom stereocenters. The van der Waals surface area contributed by atoms with Gasteiger partial charge in [0.05, 0.1) is 6.10 Å². The van der Waals surface area contributed by atoms with E-state index in [9.17, 15) is 0 Å². The number of nitrogens with zero attached hydrogens (tertiary/aromatic N) is 2. The van der Waals surface area contributed by atoms with Crippen LogP contribution in [0.25, 0.3) is 0 Å². The number of methoxy groups -OCH3 is 1. The summed E-state index contributed by atoms with van der Waals surface area (Å²) in [6.07, 6.45) is 0.344. The highest BCUT2D eigenvalue weighted by Gasteiger charge is 2.15. The van der Waals surface area contributed by atoms with Crippen LogP contribution < -0.4 is 0 Å². The molecule has 1 aliphatic rings. The minimum Gasteiger partial charge on any atom is -0.380 e. The van der Waals surface area contributed by atoms with Crippen LogP contribution in [0, 0.1) is 0 Å². The fourth-order valence-electron chi connectivity index (χ4n) is 1.36. The summed E-state index contributed by atoms with van der Waals surface area (Å²) in [5.74, 6) is 0. The third kappa shape index (κ3) is 3.31. The zero-order valence-corrected chi connectivity index (χ0v) is 8.76. The van der Waals surface area contributed by atoms with Gasteiger partial charge in [0.15, 0.2) is 0 Å². The normalized spacial score (nSPS) is 24.2. The van der Waals surface area contributed by atoms with E-state index in [1.165, 1.54) is 0 Å². The van der Waals surface area contributed by atoms with Crippen molar-refractivity contribution in [2.45, 2.75) is 13.0 Å². The van der Waals surface area contributed by atoms with Crippen molar-refractivity contribution in [3.05, 3.63) is 0 Å². The smallest absolute Gasteiger partial charge is 0.0670 e. The lowest BCUT2D eigenvalue weighted by Crippen LogP contribution is -2.45. The van der Waals surface area contributed by atoms with E-state index in [1.807, 2.05) is 0 Å². The van der Waals surface area contributed by atoms with E-state index in [4.69, 9.17) is 4.74 Å². The molecule has 1 atom stereocenters. The van der Waals surface area contributed by atoms with Gasteiger partial charge in [-0.1, -0.05) is 12.8 Å². The van der Waals surface area contributed by atoms with Crippen molar-refractivity contribution in [3.63, 3.8) is 0 Å². The number of thiol groups is 1. The Morgan fingerprint density at radius 3 is 2.42 bits per heavy atom. The summed E-state index contributed by atoms with van der Waals surface area (Å²) >= 11 is 4.29. The molecular formula is C8H18N2OS. The molecule has 1 fully saturated rings. The molecule has 12 heavy (non-hydrogen) atoms. The number of ether oxygens (including phenoxy) is 1. The second-order valence-corrected chi connectivity index (χ2v) is 3.87. The Bertz CT molecular complexity index is 126. The highest BCUT2D eigenvalue weighted by Crippen LogP contribution is 2.04. The Morgan fingerprint density at radius 1 is 1.33 bits per heavy atom. The second-order valence-electron chi connectivity index (χ2n) is 3.30. The molecule has 1 heterocycles. The van der Waals surface area contributed by atoms with Gasteiger partial charge in [0.1, 0.15) is 0 Å². The Morgan fingerprint density at radius 2 is 1.92 bits per heavy atom. The van der Waals surface area contributed by atoms with Gasteiger partial charge < -0.3 is 4.74 Å². The zero-order chi connectivity index (χ0) is 8.97. The van der Waals surface area contributed by atoms with Crippen molar-refractivity contribution in [3.8, 4) is 0 Å². The van der Waals surface area contributed by atoms with Crippen LogP contribution in [0.3, 0.4) is 0 Å². The van der Waals surface area contributed by atoms with Crippen LogP contribution in [0.2, 0.25) is 0 Å². The first-order valence-corrected chi connectivity index (χ1v) is 4.81. The third-order valence-electron chi connectivity index (χ3n) is 2.27. The molecule has 0 aliphatic carbocycles. The van der Waals surface area contributed by atoms with Crippen molar-refractivity contribution >= 4 is 12.8 Å². The molecule has 4 heteroatoms. The molecule has 0 aromatic heterocycles. The molecule has 1 rings (SSSR count). The van der Waals surface area contributed by atoms with Crippen molar-refractivity contribution in [2.75, 3.05) is 39.8 Å². The van der Waals surface area contributed by atoms with E-state index < -0.39 is 0 Å². The minimum absolute atomic E-state index is 0.344. The van der Waals surface area contributed by atoms with Crippen molar-refractivity contribution in [1.82, 2.24) is 9.21 Å². The van der Waals surface area contributed by atoms with Gasteiger partial charge in [-0.2, -0.15) is 0 Å².